The molecule has 0 aliphatic carbocycles. The number of morpholine rings is 1. The minimum Gasteiger partial charge on any atom is -0.379 e. The first-order chi connectivity index (χ1) is 6.93. The van der Waals surface area contributed by atoms with Gasteiger partial charge in [-0.3, -0.25) is 4.90 Å². The maximum atomic E-state index is 5.33. The molecule has 1 fully saturated rings. The van der Waals surface area contributed by atoms with Crippen molar-refractivity contribution in [3.8, 4) is 0 Å². The van der Waals surface area contributed by atoms with E-state index in [0.29, 0.717) is 6.79 Å². The molecule has 0 radical (unpaired) electrons. The fourth-order valence-corrected chi connectivity index (χ4v) is 1.34. The fourth-order valence-electron chi connectivity index (χ4n) is 1.34. The summed E-state index contributed by atoms with van der Waals surface area (Å²) < 4.78 is 15.8. The van der Waals surface area contributed by atoms with Gasteiger partial charge in [0.05, 0.1) is 19.8 Å². The van der Waals surface area contributed by atoms with Crippen LogP contribution in [-0.2, 0) is 14.2 Å². The number of hydrogen-bond donors (Lipinski definition) is 0. The number of nitrogens with zero attached hydrogens (tertiary/aromatic N) is 1. The lowest BCUT2D eigenvalue weighted by atomic mass is 10.4. The Balaban J connectivity index is 1.82. The highest BCUT2D eigenvalue weighted by Gasteiger charge is 2.08. The minimum atomic E-state index is 0.429. The number of hydrogen-bond acceptors (Lipinski definition) is 4. The summed E-state index contributed by atoms with van der Waals surface area (Å²) in [4.78, 5) is 2.35. The van der Waals surface area contributed by atoms with Crippen molar-refractivity contribution < 1.29 is 14.2 Å². The molecule has 0 bridgehead atoms. The van der Waals surface area contributed by atoms with Gasteiger partial charge in [-0.1, -0.05) is 6.92 Å². The predicted octanol–water partition coefficient (Wildman–Crippen LogP) is 0.719. The van der Waals surface area contributed by atoms with Crippen LogP contribution in [0, 0.1) is 0 Å². The number of ether oxygens (including phenoxy) is 3. The molecule has 0 atom stereocenters. The largest absolute Gasteiger partial charge is 0.379 e. The highest BCUT2D eigenvalue weighted by molar-refractivity contribution is 4.60. The van der Waals surface area contributed by atoms with Gasteiger partial charge in [-0.25, -0.2) is 0 Å². The van der Waals surface area contributed by atoms with Crippen molar-refractivity contribution in [2.75, 3.05) is 52.9 Å². The second-order valence-electron chi connectivity index (χ2n) is 3.39. The van der Waals surface area contributed by atoms with Crippen LogP contribution in [0.15, 0.2) is 0 Å². The molecule has 1 heterocycles. The molecule has 1 aliphatic heterocycles. The second-order valence-corrected chi connectivity index (χ2v) is 3.39. The average Bonchev–Trinajstić information content (AvgIpc) is 2.25. The molecule has 84 valence electrons. The van der Waals surface area contributed by atoms with E-state index in [9.17, 15) is 0 Å². The minimum absolute atomic E-state index is 0.429. The maximum absolute atomic E-state index is 5.33. The van der Waals surface area contributed by atoms with E-state index in [-0.39, 0.29) is 0 Å². The van der Waals surface area contributed by atoms with Crippen LogP contribution in [0.25, 0.3) is 0 Å². The van der Waals surface area contributed by atoms with E-state index < -0.39 is 0 Å². The van der Waals surface area contributed by atoms with Crippen LogP contribution < -0.4 is 0 Å². The summed E-state index contributed by atoms with van der Waals surface area (Å²) in [6, 6.07) is 0. The molecule has 0 aromatic rings. The lowest BCUT2D eigenvalue weighted by molar-refractivity contribution is -0.0632. The topological polar surface area (TPSA) is 30.9 Å². The van der Waals surface area contributed by atoms with Crippen molar-refractivity contribution in [3.63, 3.8) is 0 Å². The molecule has 1 saturated heterocycles. The van der Waals surface area contributed by atoms with E-state index in [1.54, 1.807) is 0 Å². The molecule has 0 aromatic carbocycles. The highest BCUT2D eigenvalue weighted by Crippen LogP contribution is 1.95. The third kappa shape index (κ3) is 5.54. The zero-order valence-electron chi connectivity index (χ0n) is 9.04. The van der Waals surface area contributed by atoms with E-state index in [4.69, 9.17) is 14.2 Å². The Morgan fingerprint density at radius 1 is 1.14 bits per heavy atom. The lowest BCUT2D eigenvalue weighted by Gasteiger charge is -2.26. The molecule has 0 unspecified atom stereocenters. The first-order valence-corrected chi connectivity index (χ1v) is 5.39. The summed E-state index contributed by atoms with van der Waals surface area (Å²) in [5, 5.41) is 0. The van der Waals surface area contributed by atoms with E-state index in [0.717, 1.165) is 52.5 Å². The van der Waals surface area contributed by atoms with Gasteiger partial charge in [-0.2, -0.15) is 0 Å². The zero-order valence-corrected chi connectivity index (χ0v) is 9.04. The maximum Gasteiger partial charge on any atom is 0.146 e. The molecule has 14 heavy (non-hydrogen) atoms. The second kappa shape index (κ2) is 8.17. The lowest BCUT2D eigenvalue weighted by Crippen LogP contribution is -2.38. The standard InChI is InChI=1S/C10H21NO3/c1-2-6-13-10-14-9-5-11-3-7-12-8-4-11/h2-10H2,1H3. The van der Waals surface area contributed by atoms with Gasteiger partial charge in [-0.15, -0.1) is 0 Å². The molecule has 0 amide bonds. The van der Waals surface area contributed by atoms with E-state index in [1.807, 2.05) is 0 Å². The fraction of sp³-hybridized carbons (Fsp3) is 1.00. The van der Waals surface area contributed by atoms with Crippen LogP contribution in [0.1, 0.15) is 13.3 Å². The van der Waals surface area contributed by atoms with E-state index in [2.05, 4.69) is 11.8 Å². The third-order valence-corrected chi connectivity index (χ3v) is 2.17. The zero-order chi connectivity index (χ0) is 10.1. The Kier molecular flexibility index (Phi) is 6.95. The van der Waals surface area contributed by atoms with Crippen molar-refractivity contribution in [2.24, 2.45) is 0 Å². The molecule has 0 N–H and O–H groups in total. The molecule has 1 aliphatic rings. The van der Waals surface area contributed by atoms with Crippen LogP contribution in [-0.4, -0.2) is 57.8 Å². The van der Waals surface area contributed by atoms with Crippen molar-refractivity contribution >= 4 is 0 Å². The summed E-state index contributed by atoms with van der Waals surface area (Å²) >= 11 is 0. The van der Waals surface area contributed by atoms with Crippen LogP contribution in [0.4, 0.5) is 0 Å². The molecular formula is C10H21NO3. The molecular weight excluding hydrogens is 182 g/mol. The van der Waals surface area contributed by atoms with Gasteiger partial charge in [0, 0.05) is 26.2 Å². The normalized spacial score (nSPS) is 18.6. The number of rotatable bonds is 7. The molecule has 4 nitrogen and oxygen atoms in total. The Morgan fingerprint density at radius 3 is 2.57 bits per heavy atom. The van der Waals surface area contributed by atoms with Gasteiger partial charge < -0.3 is 14.2 Å². The summed E-state index contributed by atoms with van der Waals surface area (Å²) in [7, 11) is 0. The highest BCUT2D eigenvalue weighted by atomic mass is 16.7. The summed E-state index contributed by atoms with van der Waals surface area (Å²) in [6.07, 6.45) is 1.05. The van der Waals surface area contributed by atoms with E-state index >= 15 is 0 Å². The van der Waals surface area contributed by atoms with Gasteiger partial charge >= 0.3 is 0 Å². The Hall–Kier alpha value is -0.160. The summed E-state index contributed by atoms with van der Waals surface area (Å²) in [5.41, 5.74) is 0. The molecule has 0 aromatic heterocycles. The molecule has 1 rings (SSSR count). The third-order valence-electron chi connectivity index (χ3n) is 2.17. The van der Waals surface area contributed by atoms with Crippen LogP contribution >= 0.6 is 0 Å². The van der Waals surface area contributed by atoms with Crippen molar-refractivity contribution in [2.45, 2.75) is 13.3 Å². The first-order valence-electron chi connectivity index (χ1n) is 5.39. The average molecular weight is 203 g/mol. The quantitative estimate of drug-likeness (QED) is 0.450. The molecule has 4 heteroatoms. The SMILES string of the molecule is CCCOCOCCN1CCOCC1. The van der Waals surface area contributed by atoms with Crippen molar-refractivity contribution in [1.82, 2.24) is 4.90 Å². The first kappa shape index (κ1) is 11.9. The Labute approximate surface area is 86.1 Å². The van der Waals surface area contributed by atoms with Gasteiger partial charge in [0.25, 0.3) is 0 Å². The van der Waals surface area contributed by atoms with Crippen LogP contribution in [0.3, 0.4) is 0 Å². The van der Waals surface area contributed by atoms with Gasteiger partial charge in [-0.05, 0) is 6.42 Å². The van der Waals surface area contributed by atoms with Crippen molar-refractivity contribution in [1.29, 1.82) is 0 Å². The predicted molar refractivity (Wildman–Crippen MR) is 54.3 cm³/mol. The van der Waals surface area contributed by atoms with Gasteiger partial charge in [0.15, 0.2) is 0 Å². The Morgan fingerprint density at radius 2 is 1.86 bits per heavy atom. The van der Waals surface area contributed by atoms with Crippen molar-refractivity contribution in [3.05, 3.63) is 0 Å². The molecule has 0 spiro atoms. The van der Waals surface area contributed by atoms with E-state index in [1.165, 1.54) is 0 Å². The van der Waals surface area contributed by atoms with Crippen LogP contribution in [0.2, 0.25) is 0 Å². The smallest absolute Gasteiger partial charge is 0.146 e. The summed E-state index contributed by atoms with van der Waals surface area (Å²) in [5.74, 6) is 0. The van der Waals surface area contributed by atoms with Gasteiger partial charge in [0.1, 0.15) is 6.79 Å². The van der Waals surface area contributed by atoms with Crippen LogP contribution in [0.5, 0.6) is 0 Å². The van der Waals surface area contributed by atoms with Gasteiger partial charge in [0.2, 0.25) is 0 Å². The monoisotopic (exact) mass is 203 g/mol. The summed E-state index contributed by atoms with van der Waals surface area (Å²) in [6.45, 7) is 8.81. The Bertz CT molecular complexity index is 127. The molecule has 0 saturated carbocycles.